The van der Waals surface area contributed by atoms with Crippen LogP contribution in [0.25, 0.3) is 0 Å². The van der Waals surface area contributed by atoms with E-state index in [1.165, 1.54) is 0 Å². The van der Waals surface area contributed by atoms with E-state index in [0.717, 1.165) is 0 Å². The summed E-state index contributed by atoms with van der Waals surface area (Å²) in [5, 5.41) is 6.50. The average molecular weight is 213 g/mol. The summed E-state index contributed by atoms with van der Waals surface area (Å²) in [6, 6.07) is 0. The summed E-state index contributed by atoms with van der Waals surface area (Å²) >= 11 is -5.75. The fraction of sp³-hybridized carbons (Fsp3) is 0. The Labute approximate surface area is 58.1 Å². The van der Waals surface area contributed by atoms with Crippen molar-refractivity contribution in [2.24, 2.45) is 5.90 Å². The topological polar surface area (TPSA) is 127 Å². The van der Waals surface area contributed by atoms with E-state index in [9.17, 15) is 0 Å². The van der Waals surface area contributed by atoms with Gasteiger partial charge in [0.15, 0.2) is 0 Å². The van der Waals surface area contributed by atoms with E-state index >= 15 is 0 Å². The zero-order chi connectivity index (χ0) is 6.50. The summed E-state index contributed by atoms with van der Waals surface area (Å²) in [5.74, 6) is 3.50. The molecule has 0 unspecified atom stereocenters. The van der Waals surface area contributed by atoms with Gasteiger partial charge in [0, 0.05) is 0 Å². The van der Waals surface area contributed by atoms with Gasteiger partial charge < -0.3 is 5.21 Å². The molecule has 0 aromatic rings. The number of rotatable bonds is 0. The summed E-state index contributed by atoms with van der Waals surface area (Å²) in [6.07, 6.45) is 0. The number of hydrogen-bond acceptors (Lipinski definition) is 6. The molecule has 3 N–H and O–H groups in total. The molecule has 0 amide bonds. The molecule has 0 aliphatic rings. The average Bonchev–Trinajstić information content (AvgIpc) is 1.36. The van der Waals surface area contributed by atoms with E-state index in [-0.39, 0.29) is 17.1 Å². The first-order valence-corrected chi connectivity index (χ1v) is 3.01. The molecule has 1 radical (unpaired) electrons. The van der Waals surface area contributed by atoms with Gasteiger partial charge in [-0.3, -0.25) is 0 Å². The molecule has 6 nitrogen and oxygen atoms in total. The second-order valence-corrected chi connectivity index (χ2v) is 1.68. The van der Waals surface area contributed by atoms with Gasteiger partial charge in [0.2, 0.25) is 0 Å². The Hall–Kier alpha value is 0.492. The van der Waals surface area contributed by atoms with Crippen molar-refractivity contribution in [2.45, 2.75) is 0 Å². The molecule has 55 valence electrons. The fourth-order valence-corrected chi connectivity index (χ4v) is 0. The maximum absolute atomic E-state index is 8.59. The van der Waals surface area contributed by atoms with Gasteiger partial charge in [-0.05, 0) is 0 Å². The van der Waals surface area contributed by atoms with Gasteiger partial charge in [-0.15, -0.1) is 0 Å². The second-order valence-electron chi connectivity index (χ2n) is 0.408. The van der Waals surface area contributed by atoms with Crippen molar-refractivity contribution in [2.75, 3.05) is 0 Å². The van der Waals surface area contributed by atoms with Gasteiger partial charge in [-0.2, -0.15) is 0 Å². The SMILES string of the molecule is NO.[Cu+2].[O]=[Cr](=[O])([O-])[O-]. The van der Waals surface area contributed by atoms with Crippen LogP contribution in [0.1, 0.15) is 0 Å². The molecule has 0 saturated carbocycles. The summed E-state index contributed by atoms with van der Waals surface area (Å²) in [5.41, 5.74) is 0. The Morgan fingerprint density at radius 3 is 1.25 bits per heavy atom. The van der Waals surface area contributed by atoms with Gasteiger partial charge in [-0.1, -0.05) is 0 Å². The van der Waals surface area contributed by atoms with Gasteiger partial charge in [-0.25, -0.2) is 5.90 Å². The molecule has 0 atom stereocenters. The van der Waals surface area contributed by atoms with E-state index < -0.39 is 13.6 Å². The van der Waals surface area contributed by atoms with Crippen LogP contribution >= 0.6 is 0 Å². The van der Waals surface area contributed by atoms with Crippen LogP contribution in [-0.4, -0.2) is 5.21 Å². The monoisotopic (exact) mass is 212 g/mol. The van der Waals surface area contributed by atoms with Crippen LogP contribution in [0.5, 0.6) is 0 Å². The van der Waals surface area contributed by atoms with Crippen LogP contribution in [0.15, 0.2) is 0 Å². The fourth-order valence-electron chi connectivity index (χ4n) is 0. The number of hydrogen-bond donors (Lipinski definition) is 2. The van der Waals surface area contributed by atoms with Gasteiger partial charge >= 0.3 is 46.6 Å². The van der Waals surface area contributed by atoms with E-state index in [4.69, 9.17) is 21.1 Å². The molecular weight excluding hydrogens is 210 g/mol. The zero-order valence-electron chi connectivity index (χ0n) is 3.37. The standard InChI is InChI=1S/Cr.Cu.H3NO.4O/c;;1-2;;;;/h;;2H,1H2;;;;/q;+2;;;;2*-1. The zero-order valence-corrected chi connectivity index (χ0v) is 5.58. The van der Waals surface area contributed by atoms with Crippen molar-refractivity contribution in [3.63, 3.8) is 0 Å². The van der Waals surface area contributed by atoms with Crippen molar-refractivity contribution in [1.29, 1.82) is 0 Å². The third-order valence-electron chi connectivity index (χ3n) is 0. The first-order valence-electron chi connectivity index (χ1n) is 0.925. The Kier molecular flexibility index (Phi) is 14.8. The molecule has 0 spiro atoms. The third-order valence-corrected chi connectivity index (χ3v) is 0. The molecule has 8 heavy (non-hydrogen) atoms. The minimum atomic E-state index is -5.75. The van der Waals surface area contributed by atoms with E-state index in [0.29, 0.717) is 0 Å². The number of nitrogens with two attached hydrogens (primary N) is 1. The molecule has 0 bridgehead atoms. The third kappa shape index (κ3) is 809. The molecular formula is H3CrCuNO5. The van der Waals surface area contributed by atoms with Gasteiger partial charge in [0.1, 0.15) is 0 Å². The van der Waals surface area contributed by atoms with Crippen molar-refractivity contribution in [3.05, 3.63) is 0 Å². The summed E-state index contributed by atoms with van der Waals surface area (Å²) in [7, 11) is 0. The summed E-state index contributed by atoms with van der Waals surface area (Å²) in [6.45, 7) is 0. The van der Waals surface area contributed by atoms with Crippen molar-refractivity contribution < 1.29 is 51.8 Å². The quantitative estimate of drug-likeness (QED) is 0.320. The Bertz CT molecular complexity index is 95.6. The molecule has 0 rings (SSSR count). The first-order chi connectivity index (χ1) is 3.00. The molecule has 0 saturated heterocycles. The minimum absolute atomic E-state index is 0. The molecule has 0 aromatic carbocycles. The van der Waals surface area contributed by atoms with Crippen LogP contribution < -0.4 is 14.2 Å². The van der Waals surface area contributed by atoms with E-state index in [2.05, 4.69) is 5.90 Å². The van der Waals surface area contributed by atoms with Crippen molar-refractivity contribution in [1.82, 2.24) is 0 Å². The van der Waals surface area contributed by atoms with Crippen LogP contribution in [0.4, 0.5) is 0 Å². The molecule has 0 fully saturated rings. The molecule has 8 heteroatoms. The van der Waals surface area contributed by atoms with E-state index in [1.54, 1.807) is 0 Å². The molecule has 0 aliphatic carbocycles. The maximum atomic E-state index is 8.59. The Morgan fingerprint density at radius 2 is 1.25 bits per heavy atom. The molecule has 0 aromatic heterocycles. The van der Waals surface area contributed by atoms with Gasteiger partial charge in [0.25, 0.3) is 0 Å². The molecule has 0 heterocycles. The summed E-state index contributed by atoms with van der Waals surface area (Å²) < 4.78 is 34.4. The van der Waals surface area contributed by atoms with Crippen LogP contribution in [-0.2, 0) is 38.3 Å². The second kappa shape index (κ2) is 7.49. The summed E-state index contributed by atoms with van der Waals surface area (Å²) in [4.78, 5) is 0. The predicted molar refractivity (Wildman–Crippen MR) is 7.35 cm³/mol. The van der Waals surface area contributed by atoms with Crippen LogP contribution in [0.3, 0.4) is 0 Å². The predicted octanol–water partition coefficient (Wildman–Crippen LogP) is -3.29. The first kappa shape index (κ1) is 15.8. The van der Waals surface area contributed by atoms with Crippen LogP contribution in [0.2, 0.25) is 0 Å². The Morgan fingerprint density at radius 1 is 1.25 bits per heavy atom. The van der Waals surface area contributed by atoms with Crippen molar-refractivity contribution in [3.8, 4) is 0 Å². The molecule has 0 aliphatic heterocycles. The van der Waals surface area contributed by atoms with Crippen molar-refractivity contribution >= 4 is 0 Å². The normalized spacial score (nSPS) is 8.00. The Balaban J connectivity index is -0.0000000750. The van der Waals surface area contributed by atoms with Gasteiger partial charge in [0.05, 0.1) is 0 Å². The van der Waals surface area contributed by atoms with Crippen LogP contribution in [0, 0.1) is 0 Å². The van der Waals surface area contributed by atoms with E-state index in [1.807, 2.05) is 0 Å².